The molecule has 2 aromatic rings. The Balaban J connectivity index is 2.66. The Kier molecular flexibility index (Phi) is 4.01. The summed E-state index contributed by atoms with van der Waals surface area (Å²) in [6.45, 7) is 1.87. The van der Waals surface area contributed by atoms with E-state index in [1.165, 1.54) is 0 Å². The molecule has 0 amide bonds. The fraction of sp³-hybridized carbons (Fsp3) is 0.250. The zero-order valence-electron chi connectivity index (χ0n) is 11.0. The van der Waals surface area contributed by atoms with Crippen molar-refractivity contribution in [1.29, 1.82) is 0 Å². The highest BCUT2D eigenvalue weighted by atomic mass is 19.1. The monoisotopic (exact) mass is 295 g/mol. The summed E-state index contributed by atoms with van der Waals surface area (Å²) in [6.07, 6.45) is 1.14. The topological polar surface area (TPSA) is 108 Å². The molecule has 1 heterocycles. The van der Waals surface area contributed by atoms with Gasteiger partial charge in [-0.25, -0.2) is 9.37 Å². The first-order valence-corrected chi connectivity index (χ1v) is 6.07. The Bertz CT molecular complexity index is 708. The summed E-state index contributed by atoms with van der Waals surface area (Å²) in [7, 11) is 0. The maximum atomic E-state index is 14.1. The number of rotatable bonds is 4. The third-order valence-corrected chi connectivity index (χ3v) is 2.66. The third kappa shape index (κ3) is 2.91. The average Bonchev–Trinajstić information content (AvgIpc) is 2.38. The number of aromatic nitrogens is 3. The standard InChI is InChI=1S/C12H11F2N5O2/c1-2-3-8-16-11(18-12(15)17-8)9-6(13)4-5-7(10(9)14)19(20)21/h4-5H,2-3H2,1H3,(H2,15,16,17,18). The van der Waals surface area contributed by atoms with Gasteiger partial charge in [0.2, 0.25) is 11.8 Å². The minimum absolute atomic E-state index is 0.200. The van der Waals surface area contributed by atoms with Gasteiger partial charge in [0.1, 0.15) is 11.6 Å². The van der Waals surface area contributed by atoms with Crippen molar-refractivity contribution in [3.05, 3.63) is 39.7 Å². The van der Waals surface area contributed by atoms with Crippen molar-refractivity contribution >= 4 is 11.6 Å². The number of nitrogens with zero attached hydrogens (tertiary/aromatic N) is 4. The van der Waals surface area contributed by atoms with Crippen LogP contribution in [-0.2, 0) is 6.42 Å². The molecule has 0 unspecified atom stereocenters. The molecule has 2 rings (SSSR count). The van der Waals surface area contributed by atoms with Gasteiger partial charge in [0, 0.05) is 12.5 Å². The lowest BCUT2D eigenvalue weighted by molar-refractivity contribution is -0.387. The van der Waals surface area contributed by atoms with Crippen molar-refractivity contribution in [3.8, 4) is 11.4 Å². The van der Waals surface area contributed by atoms with E-state index in [4.69, 9.17) is 5.73 Å². The van der Waals surface area contributed by atoms with Gasteiger partial charge in [-0.3, -0.25) is 10.1 Å². The molecule has 0 aliphatic heterocycles. The summed E-state index contributed by atoms with van der Waals surface area (Å²) >= 11 is 0. The normalized spacial score (nSPS) is 10.6. The molecular formula is C12H11F2N5O2. The van der Waals surface area contributed by atoms with E-state index >= 15 is 0 Å². The highest BCUT2D eigenvalue weighted by molar-refractivity contribution is 5.62. The zero-order chi connectivity index (χ0) is 15.6. The van der Waals surface area contributed by atoms with Crippen LogP contribution >= 0.6 is 0 Å². The second kappa shape index (κ2) is 5.73. The highest BCUT2D eigenvalue weighted by Crippen LogP contribution is 2.29. The Morgan fingerprint density at radius 1 is 1.29 bits per heavy atom. The largest absolute Gasteiger partial charge is 0.368 e. The fourth-order valence-electron chi connectivity index (χ4n) is 1.77. The maximum absolute atomic E-state index is 14.1. The lowest BCUT2D eigenvalue weighted by atomic mass is 10.1. The number of halogens is 2. The molecule has 0 aliphatic carbocycles. The van der Waals surface area contributed by atoms with E-state index in [9.17, 15) is 18.9 Å². The van der Waals surface area contributed by atoms with E-state index in [0.29, 0.717) is 12.8 Å². The van der Waals surface area contributed by atoms with E-state index in [0.717, 1.165) is 12.1 Å². The van der Waals surface area contributed by atoms with E-state index in [1.54, 1.807) is 0 Å². The molecule has 7 nitrogen and oxygen atoms in total. The number of nitrogens with two attached hydrogens (primary N) is 1. The summed E-state index contributed by atoms with van der Waals surface area (Å²) in [6, 6.07) is 1.53. The van der Waals surface area contributed by atoms with Crippen molar-refractivity contribution in [2.45, 2.75) is 19.8 Å². The molecule has 9 heteroatoms. The van der Waals surface area contributed by atoms with Gasteiger partial charge in [0.05, 0.1) is 10.5 Å². The molecular weight excluding hydrogens is 284 g/mol. The minimum atomic E-state index is -1.34. The van der Waals surface area contributed by atoms with Gasteiger partial charge >= 0.3 is 5.69 Å². The second-order valence-electron chi connectivity index (χ2n) is 4.20. The van der Waals surface area contributed by atoms with Crippen molar-refractivity contribution in [3.63, 3.8) is 0 Å². The Hall–Kier alpha value is -2.71. The summed E-state index contributed by atoms with van der Waals surface area (Å²) in [5, 5.41) is 10.7. The van der Waals surface area contributed by atoms with Gasteiger partial charge in [0.15, 0.2) is 5.82 Å². The number of aryl methyl sites for hydroxylation is 1. The molecule has 0 saturated carbocycles. The Morgan fingerprint density at radius 2 is 2.00 bits per heavy atom. The molecule has 0 fully saturated rings. The first-order chi connectivity index (χ1) is 9.93. The quantitative estimate of drug-likeness (QED) is 0.684. The van der Waals surface area contributed by atoms with Crippen LogP contribution in [0.25, 0.3) is 11.4 Å². The summed E-state index contributed by atoms with van der Waals surface area (Å²) in [5.41, 5.74) is 3.94. The van der Waals surface area contributed by atoms with Gasteiger partial charge in [-0.1, -0.05) is 6.92 Å². The number of hydrogen-bond acceptors (Lipinski definition) is 6. The predicted molar refractivity (Wildman–Crippen MR) is 70.2 cm³/mol. The molecule has 0 saturated heterocycles. The Labute approximate surface area is 118 Å². The fourth-order valence-corrected chi connectivity index (χ4v) is 1.77. The number of benzene rings is 1. The molecule has 110 valence electrons. The zero-order valence-corrected chi connectivity index (χ0v) is 11.0. The summed E-state index contributed by atoms with van der Waals surface area (Å²) in [4.78, 5) is 21.2. The van der Waals surface area contributed by atoms with E-state index < -0.39 is 27.8 Å². The van der Waals surface area contributed by atoms with Crippen LogP contribution in [0, 0.1) is 21.7 Å². The van der Waals surface area contributed by atoms with Crippen molar-refractivity contribution in [2.24, 2.45) is 0 Å². The summed E-state index contributed by atoms with van der Waals surface area (Å²) < 4.78 is 27.9. The van der Waals surface area contributed by atoms with E-state index in [-0.39, 0.29) is 17.6 Å². The number of nitro benzene ring substituents is 1. The highest BCUT2D eigenvalue weighted by Gasteiger charge is 2.25. The Morgan fingerprint density at radius 3 is 2.62 bits per heavy atom. The lowest BCUT2D eigenvalue weighted by Gasteiger charge is -2.06. The van der Waals surface area contributed by atoms with Crippen LogP contribution in [0.1, 0.15) is 19.2 Å². The number of hydrogen-bond donors (Lipinski definition) is 1. The third-order valence-electron chi connectivity index (χ3n) is 2.66. The number of nitro groups is 1. The van der Waals surface area contributed by atoms with Crippen molar-refractivity contribution in [2.75, 3.05) is 5.73 Å². The molecule has 0 radical (unpaired) electrons. The molecule has 1 aromatic carbocycles. The SMILES string of the molecule is CCCc1nc(N)nc(-c2c(F)ccc([N+](=O)[O-])c2F)n1. The molecule has 0 atom stereocenters. The van der Waals surface area contributed by atoms with E-state index in [1.807, 2.05) is 6.92 Å². The molecule has 2 N–H and O–H groups in total. The van der Waals surface area contributed by atoms with Gasteiger partial charge in [-0.05, 0) is 12.5 Å². The first-order valence-electron chi connectivity index (χ1n) is 6.07. The predicted octanol–water partition coefficient (Wildman–Crippen LogP) is 2.26. The molecule has 0 spiro atoms. The van der Waals surface area contributed by atoms with Crippen LogP contribution in [0.2, 0.25) is 0 Å². The van der Waals surface area contributed by atoms with Crippen LogP contribution in [0.15, 0.2) is 12.1 Å². The van der Waals surface area contributed by atoms with Crippen LogP contribution < -0.4 is 5.73 Å². The molecule has 1 aromatic heterocycles. The smallest absolute Gasteiger partial charge is 0.305 e. The molecule has 21 heavy (non-hydrogen) atoms. The number of anilines is 1. The van der Waals surface area contributed by atoms with Crippen LogP contribution in [0.3, 0.4) is 0 Å². The van der Waals surface area contributed by atoms with Gasteiger partial charge in [-0.15, -0.1) is 0 Å². The van der Waals surface area contributed by atoms with Crippen LogP contribution in [-0.4, -0.2) is 19.9 Å². The van der Waals surface area contributed by atoms with Gasteiger partial charge < -0.3 is 5.73 Å². The van der Waals surface area contributed by atoms with Crippen molar-refractivity contribution in [1.82, 2.24) is 15.0 Å². The summed E-state index contributed by atoms with van der Waals surface area (Å²) in [5.74, 6) is -2.64. The number of nitrogen functional groups attached to an aromatic ring is 1. The van der Waals surface area contributed by atoms with Gasteiger partial charge in [0.25, 0.3) is 0 Å². The lowest BCUT2D eigenvalue weighted by Crippen LogP contribution is -2.07. The maximum Gasteiger partial charge on any atom is 0.305 e. The second-order valence-corrected chi connectivity index (χ2v) is 4.20. The average molecular weight is 295 g/mol. The first kappa shape index (κ1) is 14.7. The molecule has 0 aliphatic rings. The van der Waals surface area contributed by atoms with Gasteiger partial charge in [-0.2, -0.15) is 14.4 Å². The van der Waals surface area contributed by atoms with Crippen LogP contribution in [0.5, 0.6) is 0 Å². The van der Waals surface area contributed by atoms with E-state index in [2.05, 4.69) is 15.0 Å². The van der Waals surface area contributed by atoms with Crippen molar-refractivity contribution < 1.29 is 13.7 Å². The van der Waals surface area contributed by atoms with Crippen LogP contribution in [0.4, 0.5) is 20.4 Å². The minimum Gasteiger partial charge on any atom is -0.368 e. The molecule has 0 bridgehead atoms.